The quantitative estimate of drug-likeness (QED) is 0.884. The minimum absolute atomic E-state index is 0.146. The molecule has 0 fully saturated rings. The fraction of sp³-hybridized carbons (Fsp3) is 0.400. The van der Waals surface area contributed by atoms with Crippen molar-refractivity contribution in [2.24, 2.45) is 5.92 Å². The first-order chi connectivity index (χ1) is 9.56. The van der Waals surface area contributed by atoms with E-state index in [0.29, 0.717) is 12.5 Å². The predicted molar refractivity (Wildman–Crippen MR) is 79.3 cm³/mol. The Hall–Kier alpha value is -1.39. The molecule has 0 bridgehead atoms. The van der Waals surface area contributed by atoms with Gasteiger partial charge in [-0.25, -0.2) is 4.39 Å². The Kier molecular flexibility index (Phi) is 5.15. The van der Waals surface area contributed by atoms with Gasteiger partial charge in [0.1, 0.15) is 5.82 Å². The molecule has 0 aliphatic heterocycles. The van der Waals surface area contributed by atoms with E-state index in [2.05, 4.69) is 24.3 Å². The van der Waals surface area contributed by atoms with E-state index >= 15 is 0 Å². The molecular weight excluding hydrogens is 277 g/mol. The van der Waals surface area contributed by atoms with Gasteiger partial charge in [0.15, 0.2) is 0 Å². The molecule has 2 rings (SSSR count). The first kappa shape index (κ1) is 15.0. The van der Waals surface area contributed by atoms with Crippen LogP contribution in [0.3, 0.4) is 0 Å². The van der Waals surface area contributed by atoms with Crippen LogP contribution in [0.5, 0.6) is 0 Å². The maximum atomic E-state index is 13.4. The van der Waals surface area contributed by atoms with Crippen molar-refractivity contribution < 1.29 is 4.39 Å². The number of nitrogens with one attached hydrogen (secondary N) is 1. The Bertz CT molecular complexity index is 566. The van der Waals surface area contributed by atoms with Gasteiger partial charge in [0, 0.05) is 12.7 Å². The molecule has 0 spiro atoms. The molecule has 1 aromatic heterocycles. The van der Waals surface area contributed by atoms with E-state index in [1.807, 2.05) is 16.8 Å². The fourth-order valence-electron chi connectivity index (χ4n) is 1.95. The molecule has 20 heavy (non-hydrogen) atoms. The van der Waals surface area contributed by atoms with Gasteiger partial charge in [-0.2, -0.15) is 5.10 Å². The largest absolute Gasteiger partial charge is 0.311 e. The van der Waals surface area contributed by atoms with Gasteiger partial charge < -0.3 is 5.32 Å². The van der Waals surface area contributed by atoms with Gasteiger partial charge in [-0.1, -0.05) is 31.5 Å². The van der Waals surface area contributed by atoms with Crippen molar-refractivity contribution in [1.29, 1.82) is 0 Å². The molecule has 0 saturated carbocycles. The molecule has 0 aliphatic rings. The normalized spacial score (nSPS) is 11.2. The number of hydrogen-bond acceptors (Lipinski definition) is 2. The van der Waals surface area contributed by atoms with Gasteiger partial charge in [0.2, 0.25) is 0 Å². The lowest BCUT2D eigenvalue weighted by atomic mass is 10.2. The molecule has 0 unspecified atom stereocenters. The van der Waals surface area contributed by atoms with Crippen molar-refractivity contribution in [2.75, 3.05) is 6.54 Å². The van der Waals surface area contributed by atoms with Crippen molar-refractivity contribution in [3.8, 4) is 0 Å². The van der Waals surface area contributed by atoms with Gasteiger partial charge in [-0.3, -0.25) is 4.68 Å². The van der Waals surface area contributed by atoms with Crippen LogP contribution >= 0.6 is 11.6 Å². The molecule has 1 N–H and O–H groups in total. The highest BCUT2D eigenvalue weighted by molar-refractivity contribution is 6.30. The summed E-state index contributed by atoms with van der Waals surface area (Å²) in [5, 5.41) is 7.81. The zero-order chi connectivity index (χ0) is 14.5. The Morgan fingerprint density at radius 3 is 2.85 bits per heavy atom. The summed E-state index contributed by atoms with van der Waals surface area (Å²) in [6.07, 6.45) is 1.76. The lowest BCUT2D eigenvalue weighted by Gasteiger charge is -2.10. The molecule has 0 atom stereocenters. The van der Waals surface area contributed by atoms with E-state index in [1.54, 1.807) is 12.3 Å². The summed E-state index contributed by atoms with van der Waals surface area (Å²) in [7, 11) is 0. The van der Waals surface area contributed by atoms with Crippen LogP contribution in [0.15, 0.2) is 30.5 Å². The third-order valence-electron chi connectivity index (χ3n) is 2.98. The molecule has 108 valence electrons. The van der Waals surface area contributed by atoms with E-state index in [-0.39, 0.29) is 5.02 Å². The Morgan fingerprint density at radius 1 is 1.35 bits per heavy atom. The summed E-state index contributed by atoms with van der Waals surface area (Å²) in [5.74, 6) is 0.215. The highest BCUT2D eigenvalue weighted by Crippen LogP contribution is 2.16. The smallest absolute Gasteiger partial charge is 0.142 e. The van der Waals surface area contributed by atoms with Crippen molar-refractivity contribution in [1.82, 2.24) is 15.1 Å². The van der Waals surface area contributed by atoms with Gasteiger partial charge in [0.05, 0.1) is 17.3 Å². The van der Waals surface area contributed by atoms with E-state index in [1.165, 1.54) is 6.07 Å². The topological polar surface area (TPSA) is 29.9 Å². The van der Waals surface area contributed by atoms with Crippen LogP contribution in [0.25, 0.3) is 0 Å². The van der Waals surface area contributed by atoms with Crippen molar-refractivity contribution in [3.63, 3.8) is 0 Å². The molecule has 0 amide bonds. The van der Waals surface area contributed by atoms with Crippen molar-refractivity contribution in [3.05, 3.63) is 52.6 Å². The summed E-state index contributed by atoms with van der Waals surface area (Å²) < 4.78 is 15.3. The second kappa shape index (κ2) is 6.86. The zero-order valence-electron chi connectivity index (χ0n) is 11.7. The summed E-state index contributed by atoms with van der Waals surface area (Å²) in [4.78, 5) is 0. The third kappa shape index (κ3) is 4.05. The summed E-state index contributed by atoms with van der Waals surface area (Å²) in [5.41, 5.74) is 1.93. The lowest BCUT2D eigenvalue weighted by Crippen LogP contribution is -2.21. The molecule has 5 heteroatoms. The minimum Gasteiger partial charge on any atom is -0.311 e. The molecular formula is C15H19ClFN3. The molecule has 1 heterocycles. The monoisotopic (exact) mass is 295 g/mol. The van der Waals surface area contributed by atoms with Crippen LogP contribution in [-0.2, 0) is 13.1 Å². The minimum atomic E-state index is -0.393. The van der Waals surface area contributed by atoms with E-state index in [4.69, 9.17) is 11.6 Å². The summed E-state index contributed by atoms with van der Waals surface area (Å²) in [6, 6.07) is 6.82. The number of nitrogens with zero attached hydrogens (tertiary/aromatic N) is 2. The molecule has 0 aliphatic carbocycles. The highest BCUT2D eigenvalue weighted by Gasteiger charge is 2.06. The molecule has 0 radical (unpaired) electrons. The van der Waals surface area contributed by atoms with E-state index in [0.717, 1.165) is 24.3 Å². The highest BCUT2D eigenvalue weighted by atomic mass is 35.5. The van der Waals surface area contributed by atoms with Gasteiger partial charge in [0.25, 0.3) is 0 Å². The first-order valence-electron chi connectivity index (χ1n) is 6.71. The van der Waals surface area contributed by atoms with Crippen LogP contribution in [-0.4, -0.2) is 16.3 Å². The van der Waals surface area contributed by atoms with E-state index in [9.17, 15) is 4.39 Å². The maximum absolute atomic E-state index is 13.4. The number of benzene rings is 1. The summed E-state index contributed by atoms with van der Waals surface area (Å²) in [6.45, 7) is 6.59. The van der Waals surface area contributed by atoms with Crippen LogP contribution in [0.2, 0.25) is 5.02 Å². The third-order valence-corrected chi connectivity index (χ3v) is 3.29. The second-order valence-corrected chi connectivity index (χ2v) is 5.66. The van der Waals surface area contributed by atoms with Gasteiger partial charge in [-0.05, 0) is 36.2 Å². The fourth-order valence-corrected chi connectivity index (χ4v) is 2.07. The Morgan fingerprint density at radius 2 is 2.15 bits per heavy atom. The molecule has 2 aromatic rings. The van der Waals surface area contributed by atoms with Crippen molar-refractivity contribution in [2.45, 2.75) is 26.9 Å². The van der Waals surface area contributed by atoms with E-state index < -0.39 is 5.82 Å². The molecule has 1 aromatic carbocycles. The molecule has 3 nitrogen and oxygen atoms in total. The van der Waals surface area contributed by atoms with Crippen molar-refractivity contribution >= 4 is 11.6 Å². The lowest BCUT2D eigenvalue weighted by molar-refractivity contribution is 0.529. The SMILES string of the molecule is CC(C)CNCc1ccnn1Cc1ccc(Cl)c(F)c1. The Labute approximate surface area is 123 Å². The molecule has 0 saturated heterocycles. The average Bonchev–Trinajstić information content (AvgIpc) is 2.81. The number of hydrogen-bond donors (Lipinski definition) is 1. The van der Waals surface area contributed by atoms with Crippen LogP contribution in [0, 0.1) is 11.7 Å². The summed E-state index contributed by atoms with van der Waals surface area (Å²) >= 11 is 5.68. The van der Waals surface area contributed by atoms with Crippen LogP contribution in [0.1, 0.15) is 25.1 Å². The van der Waals surface area contributed by atoms with Crippen LogP contribution < -0.4 is 5.32 Å². The average molecular weight is 296 g/mol. The van der Waals surface area contributed by atoms with Crippen LogP contribution in [0.4, 0.5) is 4.39 Å². The number of rotatable bonds is 6. The van der Waals surface area contributed by atoms with Gasteiger partial charge in [-0.15, -0.1) is 0 Å². The number of halogens is 2. The number of aromatic nitrogens is 2. The predicted octanol–water partition coefficient (Wildman–Crippen LogP) is 3.47. The Balaban J connectivity index is 2.02. The maximum Gasteiger partial charge on any atom is 0.142 e. The second-order valence-electron chi connectivity index (χ2n) is 5.25. The first-order valence-corrected chi connectivity index (χ1v) is 7.09. The standard InChI is InChI=1S/C15H19ClFN3/c1-11(2)8-18-9-13-5-6-19-20(13)10-12-3-4-14(16)15(17)7-12/h3-7,11,18H,8-10H2,1-2H3. The van der Waals surface area contributed by atoms with Gasteiger partial charge >= 0.3 is 0 Å². The zero-order valence-corrected chi connectivity index (χ0v) is 12.5.